The summed E-state index contributed by atoms with van der Waals surface area (Å²) in [6.07, 6.45) is 3.61. The van der Waals surface area contributed by atoms with Crippen molar-refractivity contribution in [3.05, 3.63) is 60.2 Å². The van der Waals surface area contributed by atoms with Gasteiger partial charge in [0, 0.05) is 62.1 Å². The fourth-order valence-corrected chi connectivity index (χ4v) is 6.51. The zero-order chi connectivity index (χ0) is 28.2. The lowest BCUT2D eigenvalue weighted by molar-refractivity contribution is 0.0853. The van der Waals surface area contributed by atoms with Gasteiger partial charge in [0.05, 0.1) is 0 Å². The Morgan fingerprint density at radius 2 is 1.93 bits per heavy atom. The highest BCUT2D eigenvalue weighted by atomic mass is 16.5. The Hall–Kier alpha value is -3.24. The minimum absolute atomic E-state index is 0.127. The van der Waals surface area contributed by atoms with Crippen LogP contribution in [-0.4, -0.2) is 87.3 Å². The molecule has 0 aliphatic carbocycles. The van der Waals surface area contributed by atoms with E-state index in [2.05, 4.69) is 57.8 Å². The van der Waals surface area contributed by atoms with Gasteiger partial charge in [-0.2, -0.15) is 0 Å². The first-order valence-corrected chi connectivity index (χ1v) is 14.9. The third-order valence-corrected chi connectivity index (χ3v) is 8.84. The summed E-state index contributed by atoms with van der Waals surface area (Å²) < 4.78 is 11.6. The lowest BCUT2D eigenvalue weighted by atomic mass is 9.75. The standard InChI is InChI=1S/C32H42N6O3/c1-33-20-25(39)21-41-26-7-5-6-23(18-26)31-35-29(37(2)24-10-16-40-17-11-24)19-30(36-31)38-22-32(12-14-34-15-13-32)27-8-3-4-9-28(27)38/h3-9,18-19,24-25,33-34,39H,10-17,20-22H2,1-2H3/t25-/m1/s1. The fourth-order valence-electron chi connectivity index (χ4n) is 6.51. The van der Waals surface area contributed by atoms with Crippen LogP contribution in [0.15, 0.2) is 54.6 Å². The van der Waals surface area contributed by atoms with Gasteiger partial charge in [-0.15, -0.1) is 0 Å². The van der Waals surface area contributed by atoms with Crippen LogP contribution in [0.1, 0.15) is 31.2 Å². The number of aromatic nitrogens is 2. The zero-order valence-corrected chi connectivity index (χ0v) is 24.2. The molecule has 4 heterocycles. The number of aliphatic hydroxyl groups is 1. The zero-order valence-electron chi connectivity index (χ0n) is 24.2. The molecule has 2 saturated heterocycles. The van der Waals surface area contributed by atoms with E-state index in [1.165, 1.54) is 11.3 Å². The maximum absolute atomic E-state index is 10.1. The molecule has 9 heteroatoms. The summed E-state index contributed by atoms with van der Waals surface area (Å²) in [4.78, 5) is 15.0. The maximum atomic E-state index is 10.1. The van der Waals surface area contributed by atoms with Gasteiger partial charge in [-0.25, -0.2) is 9.97 Å². The lowest BCUT2D eigenvalue weighted by Gasteiger charge is -2.35. The van der Waals surface area contributed by atoms with Gasteiger partial charge < -0.3 is 35.0 Å². The van der Waals surface area contributed by atoms with E-state index in [0.29, 0.717) is 24.2 Å². The van der Waals surface area contributed by atoms with Gasteiger partial charge in [-0.05, 0) is 69.6 Å². The Balaban J connectivity index is 1.38. The van der Waals surface area contributed by atoms with Gasteiger partial charge in [0.1, 0.15) is 30.1 Å². The number of rotatable bonds is 9. The quantitative estimate of drug-likeness (QED) is 0.365. The van der Waals surface area contributed by atoms with Crippen LogP contribution in [0.3, 0.4) is 0 Å². The number of likely N-dealkylation sites (N-methyl/N-ethyl adjacent to an activating group) is 1. The van der Waals surface area contributed by atoms with E-state index in [1.807, 2.05) is 31.3 Å². The Kier molecular flexibility index (Phi) is 8.39. The second-order valence-corrected chi connectivity index (χ2v) is 11.5. The number of piperidine rings is 1. The molecule has 41 heavy (non-hydrogen) atoms. The van der Waals surface area contributed by atoms with Gasteiger partial charge in [0.15, 0.2) is 5.82 Å². The molecule has 3 aliphatic heterocycles. The molecule has 2 fully saturated rings. The average molecular weight is 559 g/mol. The van der Waals surface area contributed by atoms with E-state index in [1.54, 1.807) is 0 Å². The monoisotopic (exact) mass is 558 g/mol. The van der Waals surface area contributed by atoms with Crippen LogP contribution in [0.25, 0.3) is 11.4 Å². The predicted octanol–water partition coefficient (Wildman–Crippen LogP) is 3.49. The topological polar surface area (TPSA) is 95.0 Å². The van der Waals surface area contributed by atoms with Crippen LogP contribution in [-0.2, 0) is 10.2 Å². The van der Waals surface area contributed by atoms with Crippen molar-refractivity contribution >= 4 is 17.3 Å². The number of ether oxygens (including phenoxy) is 2. The highest BCUT2D eigenvalue weighted by Crippen LogP contribution is 2.48. The largest absolute Gasteiger partial charge is 0.491 e. The normalized spacial score (nSPS) is 19.2. The first-order chi connectivity index (χ1) is 20.1. The van der Waals surface area contributed by atoms with Crippen molar-refractivity contribution in [2.75, 3.05) is 69.9 Å². The predicted molar refractivity (Wildman–Crippen MR) is 162 cm³/mol. The first-order valence-electron chi connectivity index (χ1n) is 14.9. The molecule has 3 aliphatic rings. The van der Waals surface area contributed by atoms with Gasteiger partial charge in [0.2, 0.25) is 0 Å². The van der Waals surface area contributed by atoms with Crippen LogP contribution in [0.2, 0.25) is 0 Å². The number of nitrogens with one attached hydrogen (secondary N) is 2. The summed E-state index contributed by atoms with van der Waals surface area (Å²) in [5.74, 6) is 3.19. The molecular formula is C32H42N6O3. The fraction of sp³-hybridized carbons (Fsp3) is 0.500. The second-order valence-electron chi connectivity index (χ2n) is 11.5. The van der Waals surface area contributed by atoms with Crippen molar-refractivity contribution < 1.29 is 14.6 Å². The molecule has 0 bridgehead atoms. The molecular weight excluding hydrogens is 516 g/mol. The highest BCUT2D eigenvalue weighted by Gasteiger charge is 2.44. The Morgan fingerprint density at radius 3 is 2.73 bits per heavy atom. The molecule has 1 aromatic heterocycles. The molecule has 3 aromatic rings. The van der Waals surface area contributed by atoms with E-state index in [4.69, 9.17) is 19.4 Å². The summed E-state index contributed by atoms with van der Waals surface area (Å²) in [7, 11) is 3.95. The molecule has 1 atom stereocenters. The molecule has 218 valence electrons. The van der Waals surface area contributed by atoms with Crippen molar-refractivity contribution in [3.63, 3.8) is 0 Å². The maximum Gasteiger partial charge on any atom is 0.164 e. The first kappa shape index (κ1) is 27.9. The number of aliphatic hydroxyl groups excluding tert-OH is 1. The minimum atomic E-state index is -0.583. The summed E-state index contributed by atoms with van der Waals surface area (Å²) in [5.41, 5.74) is 3.69. The van der Waals surface area contributed by atoms with Crippen molar-refractivity contribution in [1.29, 1.82) is 0 Å². The van der Waals surface area contributed by atoms with E-state index in [9.17, 15) is 5.11 Å². The number of nitrogens with zero attached hydrogens (tertiary/aromatic N) is 4. The molecule has 0 unspecified atom stereocenters. The Bertz CT molecular complexity index is 1320. The number of anilines is 3. The van der Waals surface area contributed by atoms with Crippen LogP contribution in [0.5, 0.6) is 5.75 Å². The molecule has 1 spiro atoms. The van der Waals surface area contributed by atoms with Crippen molar-refractivity contribution in [1.82, 2.24) is 20.6 Å². The number of fused-ring (bicyclic) bond motifs is 2. The van der Waals surface area contributed by atoms with Crippen molar-refractivity contribution in [3.8, 4) is 17.1 Å². The highest BCUT2D eigenvalue weighted by molar-refractivity contribution is 5.74. The summed E-state index contributed by atoms with van der Waals surface area (Å²) in [6, 6.07) is 19.2. The third kappa shape index (κ3) is 5.90. The number of para-hydroxylation sites is 1. The average Bonchev–Trinajstić information content (AvgIpc) is 3.34. The molecule has 9 nitrogen and oxygen atoms in total. The third-order valence-electron chi connectivity index (χ3n) is 8.84. The number of hydrogen-bond donors (Lipinski definition) is 3. The Morgan fingerprint density at radius 1 is 1.12 bits per heavy atom. The van der Waals surface area contributed by atoms with Gasteiger partial charge >= 0.3 is 0 Å². The van der Waals surface area contributed by atoms with Gasteiger partial charge in [0.25, 0.3) is 0 Å². The van der Waals surface area contributed by atoms with Gasteiger partial charge in [-0.3, -0.25) is 0 Å². The lowest BCUT2D eigenvalue weighted by Crippen LogP contribution is -2.42. The van der Waals surface area contributed by atoms with Crippen molar-refractivity contribution in [2.24, 2.45) is 0 Å². The molecule has 0 radical (unpaired) electrons. The molecule has 6 rings (SSSR count). The molecule has 0 saturated carbocycles. The molecule has 3 N–H and O–H groups in total. The minimum Gasteiger partial charge on any atom is -0.491 e. The Labute approximate surface area is 242 Å². The van der Waals surface area contributed by atoms with Gasteiger partial charge in [-0.1, -0.05) is 30.3 Å². The smallest absolute Gasteiger partial charge is 0.164 e. The van der Waals surface area contributed by atoms with Crippen molar-refractivity contribution in [2.45, 2.75) is 43.2 Å². The number of benzene rings is 2. The number of hydrogen-bond acceptors (Lipinski definition) is 9. The van der Waals surface area contributed by atoms with E-state index in [-0.39, 0.29) is 12.0 Å². The SMILES string of the molecule is CNC[C@@H](O)COc1cccc(-c2nc(N3CC4(CCNCC4)c4ccccc43)cc(N(C)C3CCOCC3)n2)c1. The molecule has 2 aromatic carbocycles. The summed E-state index contributed by atoms with van der Waals surface area (Å²) in [5, 5.41) is 16.7. The summed E-state index contributed by atoms with van der Waals surface area (Å²) in [6.45, 7) is 5.21. The second kappa shape index (κ2) is 12.3. The molecule has 0 amide bonds. The van der Waals surface area contributed by atoms with Crippen LogP contribution < -0.4 is 25.2 Å². The van der Waals surface area contributed by atoms with Crippen LogP contribution in [0, 0.1) is 0 Å². The van der Waals surface area contributed by atoms with E-state index in [0.717, 1.165) is 75.7 Å². The van der Waals surface area contributed by atoms with E-state index >= 15 is 0 Å². The summed E-state index contributed by atoms with van der Waals surface area (Å²) >= 11 is 0. The van der Waals surface area contributed by atoms with Crippen LogP contribution in [0.4, 0.5) is 17.3 Å². The van der Waals surface area contributed by atoms with E-state index < -0.39 is 6.10 Å². The van der Waals surface area contributed by atoms with Crippen LogP contribution >= 0.6 is 0 Å².